The fourth-order valence-corrected chi connectivity index (χ4v) is 1.43. The molecule has 0 nitrogen and oxygen atoms in total. The highest BCUT2D eigenvalue weighted by atomic mass is 13.9. The molecule has 0 unspecified atom stereocenters. The largest absolute Gasteiger partial charge is 0.103 e. The van der Waals surface area contributed by atoms with Gasteiger partial charge >= 0.3 is 0 Å². The molecule has 0 aromatic rings. The number of rotatable bonds is 10. The molecule has 0 fully saturated rings. The Hall–Kier alpha value is -0.780. The van der Waals surface area contributed by atoms with Crippen LogP contribution in [0.4, 0.5) is 0 Å². The summed E-state index contributed by atoms with van der Waals surface area (Å²) in [6.45, 7) is 5.95. The molecule has 0 aromatic heterocycles. The number of unbranched alkanes of at least 4 members (excludes halogenated alkanes) is 6. The molecule has 15 heavy (non-hydrogen) atoms. The predicted octanol–water partition coefficient (Wildman–Crippen LogP) is 5.43. The van der Waals surface area contributed by atoms with Crippen LogP contribution in [0.3, 0.4) is 0 Å². The number of hydrogen-bond acceptors (Lipinski definition) is 0. The lowest BCUT2D eigenvalue weighted by atomic mass is 10.1. The summed E-state index contributed by atoms with van der Waals surface area (Å²) < 4.78 is 0. The number of allylic oxidation sites excluding steroid dienone is 5. The molecule has 0 saturated heterocycles. The minimum atomic E-state index is 1.08. The Kier molecular flexibility index (Phi) is 12.5. The smallest absolute Gasteiger partial charge is 0.0313 e. The average molecular weight is 206 g/mol. The van der Waals surface area contributed by atoms with Crippen molar-refractivity contribution in [3.63, 3.8) is 0 Å². The van der Waals surface area contributed by atoms with Gasteiger partial charge in [0.05, 0.1) is 0 Å². The Morgan fingerprint density at radius 1 is 0.800 bits per heavy atom. The van der Waals surface area contributed by atoms with E-state index in [1.807, 2.05) is 6.08 Å². The van der Waals surface area contributed by atoms with Crippen LogP contribution in [-0.4, -0.2) is 0 Å². The van der Waals surface area contributed by atoms with E-state index >= 15 is 0 Å². The highest BCUT2D eigenvalue weighted by Gasteiger charge is 1.85. The van der Waals surface area contributed by atoms with E-state index in [1.54, 1.807) is 0 Å². The van der Waals surface area contributed by atoms with E-state index in [2.05, 4.69) is 37.8 Å². The Morgan fingerprint density at radius 2 is 1.47 bits per heavy atom. The van der Waals surface area contributed by atoms with Crippen LogP contribution in [-0.2, 0) is 0 Å². The van der Waals surface area contributed by atoms with Gasteiger partial charge in [0.1, 0.15) is 0 Å². The minimum Gasteiger partial charge on any atom is -0.103 e. The molecule has 0 heterocycles. The highest BCUT2D eigenvalue weighted by Crippen LogP contribution is 2.05. The third-order valence-electron chi connectivity index (χ3n) is 2.40. The van der Waals surface area contributed by atoms with Crippen LogP contribution in [0.15, 0.2) is 37.0 Å². The molecule has 0 radical (unpaired) electrons. The maximum atomic E-state index is 3.69. The van der Waals surface area contributed by atoms with Crippen LogP contribution in [0, 0.1) is 0 Å². The van der Waals surface area contributed by atoms with Crippen molar-refractivity contribution >= 4 is 0 Å². The van der Waals surface area contributed by atoms with E-state index in [4.69, 9.17) is 0 Å². The number of hydrogen-bond donors (Lipinski definition) is 0. The lowest BCUT2D eigenvalue weighted by Gasteiger charge is -1.95. The maximum absolute atomic E-state index is 3.69. The summed E-state index contributed by atoms with van der Waals surface area (Å²) in [6, 6.07) is 0. The summed E-state index contributed by atoms with van der Waals surface area (Å²) in [4.78, 5) is 0. The molecule has 0 saturated carbocycles. The fourth-order valence-electron chi connectivity index (χ4n) is 1.43. The zero-order valence-corrected chi connectivity index (χ0v) is 10.3. The summed E-state index contributed by atoms with van der Waals surface area (Å²) in [6.07, 6.45) is 21.1. The summed E-state index contributed by atoms with van der Waals surface area (Å²) in [5, 5.41) is 0. The average Bonchev–Trinajstić information content (AvgIpc) is 2.26. The normalized spacial score (nSPS) is 11.5. The Labute approximate surface area is 95.8 Å². The molecule has 0 rings (SSSR count). The zero-order chi connectivity index (χ0) is 11.2. The first-order valence-corrected chi connectivity index (χ1v) is 6.34. The minimum absolute atomic E-state index is 1.08. The second kappa shape index (κ2) is 13.2. The molecule has 0 heteroatoms. The van der Waals surface area contributed by atoms with Crippen molar-refractivity contribution in [2.45, 2.75) is 58.3 Å². The van der Waals surface area contributed by atoms with Gasteiger partial charge in [-0.2, -0.15) is 0 Å². The van der Waals surface area contributed by atoms with Crippen molar-refractivity contribution in [3.05, 3.63) is 37.0 Å². The van der Waals surface area contributed by atoms with Gasteiger partial charge in [-0.1, -0.05) is 63.0 Å². The molecule has 0 bridgehead atoms. The van der Waals surface area contributed by atoms with Gasteiger partial charge in [-0.3, -0.25) is 0 Å². The third kappa shape index (κ3) is 13.2. The maximum Gasteiger partial charge on any atom is -0.0313 e. The van der Waals surface area contributed by atoms with E-state index in [0.29, 0.717) is 0 Å². The van der Waals surface area contributed by atoms with Crippen molar-refractivity contribution < 1.29 is 0 Å². The van der Waals surface area contributed by atoms with Gasteiger partial charge in [-0.05, 0) is 25.7 Å². The SMILES string of the molecule is C=CCCC=CC=CCCCCCCC. The van der Waals surface area contributed by atoms with E-state index in [-0.39, 0.29) is 0 Å². The lowest BCUT2D eigenvalue weighted by Crippen LogP contribution is -1.75. The standard InChI is InChI=1S/C15H26/c1-3-5-7-9-11-13-15-14-12-10-8-6-4-2/h3,9,11,13,15H,1,4-8,10,12,14H2,2H3. The van der Waals surface area contributed by atoms with Crippen LogP contribution in [0.2, 0.25) is 0 Å². The summed E-state index contributed by atoms with van der Waals surface area (Å²) in [5.41, 5.74) is 0. The monoisotopic (exact) mass is 206 g/mol. The first kappa shape index (κ1) is 14.2. The Balaban J connectivity index is 3.16. The van der Waals surface area contributed by atoms with Crippen molar-refractivity contribution in [3.8, 4) is 0 Å². The summed E-state index contributed by atoms with van der Waals surface area (Å²) in [5.74, 6) is 0. The highest BCUT2D eigenvalue weighted by molar-refractivity contribution is 5.02. The second-order valence-corrected chi connectivity index (χ2v) is 3.93. The molecule has 0 spiro atoms. The Morgan fingerprint density at radius 3 is 2.13 bits per heavy atom. The van der Waals surface area contributed by atoms with E-state index in [9.17, 15) is 0 Å². The van der Waals surface area contributed by atoms with Crippen LogP contribution in [0.1, 0.15) is 58.3 Å². The van der Waals surface area contributed by atoms with Crippen LogP contribution in [0.5, 0.6) is 0 Å². The van der Waals surface area contributed by atoms with E-state index in [0.717, 1.165) is 12.8 Å². The van der Waals surface area contributed by atoms with Crippen LogP contribution >= 0.6 is 0 Å². The van der Waals surface area contributed by atoms with E-state index < -0.39 is 0 Å². The third-order valence-corrected chi connectivity index (χ3v) is 2.40. The molecule has 86 valence electrons. The summed E-state index contributed by atoms with van der Waals surface area (Å²) >= 11 is 0. The van der Waals surface area contributed by atoms with Gasteiger partial charge in [0.25, 0.3) is 0 Å². The van der Waals surface area contributed by atoms with Gasteiger partial charge in [-0.15, -0.1) is 6.58 Å². The fraction of sp³-hybridized carbons (Fsp3) is 0.600. The van der Waals surface area contributed by atoms with Crippen molar-refractivity contribution in [2.24, 2.45) is 0 Å². The summed E-state index contributed by atoms with van der Waals surface area (Å²) in [7, 11) is 0. The quantitative estimate of drug-likeness (QED) is 0.254. The van der Waals surface area contributed by atoms with Crippen molar-refractivity contribution in [2.75, 3.05) is 0 Å². The van der Waals surface area contributed by atoms with Crippen LogP contribution in [0.25, 0.3) is 0 Å². The molecule has 0 N–H and O–H groups in total. The van der Waals surface area contributed by atoms with Crippen molar-refractivity contribution in [1.29, 1.82) is 0 Å². The first-order chi connectivity index (χ1) is 7.41. The molecule has 0 aliphatic heterocycles. The molecule has 0 atom stereocenters. The molecule has 0 aliphatic carbocycles. The van der Waals surface area contributed by atoms with E-state index in [1.165, 1.54) is 38.5 Å². The van der Waals surface area contributed by atoms with Gasteiger partial charge in [0.2, 0.25) is 0 Å². The van der Waals surface area contributed by atoms with Crippen molar-refractivity contribution in [1.82, 2.24) is 0 Å². The molecule has 0 amide bonds. The van der Waals surface area contributed by atoms with Gasteiger partial charge in [0.15, 0.2) is 0 Å². The van der Waals surface area contributed by atoms with Gasteiger partial charge < -0.3 is 0 Å². The second-order valence-electron chi connectivity index (χ2n) is 3.93. The Bertz CT molecular complexity index is 174. The first-order valence-electron chi connectivity index (χ1n) is 6.34. The zero-order valence-electron chi connectivity index (χ0n) is 10.3. The lowest BCUT2D eigenvalue weighted by molar-refractivity contribution is 0.637. The predicted molar refractivity (Wildman–Crippen MR) is 71.1 cm³/mol. The van der Waals surface area contributed by atoms with Gasteiger partial charge in [0, 0.05) is 0 Å². The molecule has 0 aromatic carbocycles. The molecule has 0 aliphatic rings. The molecular formula is C15H26. The van der Waals surface area contributed by atoms with Gasteiger partial charge in [-0.25, -0.2) is 0 Å². The molecular weight excluding hydrogens is 180 g/mol. The van der Waals surface area contributed by atoms with Crippen LogP contribution < -0.4 is 0 Å². The topological polar surface area (TPSA) is 0 Å².